The van der Waals surface area contributed by atoms with Crippen LogP contribution in [0.3, 0.4) is 0 Å². The summed E-state index contributed by atoms with van der Waals surface area (Å²) in [6.45, 7) is 1.83. The smallest absolute Gasteiger partial charge is 0.169 e. The van der Waals surface area contributed by atoms with Gasteiger partial charge in [-0.15, -0.1) is 0 Å². The lowest BCUT2D eigenvalue weighted by Gasteiger charge is -2.31. The maximum Gasteiger partial charge on any atom is 0.169 e. The number of benzene rings is 2. The van der Waals surface area contributed by atoms with Crippen LogP contribution in [0.4, 0.5) is 0 Å². The summed E-state index contributed by atoms with van der Waals surface area (Å²) in [7, 11) is 0. The quantitative estimate of drug-likeness (QED) is 0.742. The maximum atomic E-state index is 5.86. The van der Waals surface area contributed by atoms with Gasteiger partial charge in [-0.25, -0.2) is 0 Å². The van der Waals surface area contributed by atoms with E-state index in [1.807, 2.05) is 0 Å². The van der Waals surface area contributed by atoms with E-state index in [4.69, 9.17) is 12.2 Å². The molecule has 0 spiro atoms. The van der Waals surface area contributed by atoms with Crippen LogP contribution in [0, 0.1) is 11.8 Å². The van der Waals surface area contributed by atoms with Gasteiger partial charge < -0.3 is 10.2 Å². The van der Waals surface area contributed by atoms with E-state index in [-0.39, 0.29) is 0 Å². The molecule has 0 amide bonds. The van der Waals surface area contributed by atoms with Gasteiger partial charge in [0.1, 0.15) is 0 Å². The third kappa shape index (κ3) is 4.27. The molecule has 136 valence electrons. The molecule has 2 saturated carbocycles. The van der Waals surface area contributed by atoms with Gasteiger partial charge in [0.2, 0.25) is 0 Å². The molecule has 0 heterocycles. The molecule has 3 heteroatoms. The number of thiocarbonyl (C=S) groups is 1. The van der Waals surface area contributed by atoms with Crippen molar-refractivity contribution in [3.63, 3.8) is 0 Å². The number of rotatable bonds is 6. The average molecular weight is 365 g/mol. The number of nitrogens with zero attached hydrogens (tertiary/aromatic N) is 1. The molecule has 2 aromatic rings. The van der Waals surface area contributed by atoms with Crippen molar-refractivity contribution in [2.75, 3.05) is 6.54 Å². The van der Waals surface area contributed by atoms with Crippen molar-refractivity contribution >= 4 is 17.3 Å². The topological polar surface area (TPSA) is 15.3 Å². The Hall–Kier alpha value is -1.87. The molecule has 0 saturated heterocycles. The number of hydrogen-bond donors (Lipinski definition) is 1. The Bertz CT molecular complexity index is 716. The molecule has 2 bridgehead atoms. The van der Waals surface area contributed by atoms with E-state index in [0.29, 0.717) is 6.04 Å². The highest BCUT2D eigenvalue weighted by atomic mass is 32.1. The third-order valence-corrected chi connectivity index (χ3v) is 6.44. The Labute approximate surface area is 162 Å². The van der Waals surface area contributed by atoms with Gasteiger partial charge in [-0.2, -0.15) is 0 Å². The van der Waals surface area contributed by atoms with Gasteiger partial charge in [0.25, 0.3) is 0 Å². The zero-order chi connectivity index (χ0) is 17.8. The zero-order valence-corrected chi connectivity index (χ0v) is 16.1. The summed E-state index contributed by atoms with van der Waals surface area (Å²) in [6.07, 6.45) is 6.54. The molecule has 0 aliphatic heterocycles. The van der Waals surface area contributed by atoms with Gasteiger partial charge in [0, 0.05) is 19.1 Å². The lowest BCUT2D eigenvalue weighted by Crippen LogP contribution is -2.46. The lowest BCUT2D eigenvalue weighted by molar-refractivity contribution is 0.356. The molecule has 0 unspecified atom stereocenters. The van der Waals surface area contributed by atoms with Gasteiger partial charge in [0.05, 0.1) is 0 Å². The molecule has 2 aliphatic rings. The highest BCUT2D eigenvalue weighted by Gasteiger charge is 2.40. The van der Waals surface area contributed by atoms with Crippen molar-refractivity contribution in [1.82, 2.24) is 10.2 Å². The molecular formula is C23H28N2S. The lowest BCUT2D eigenvalue weighted by atomic mass is 9.95. The van der Waals surface area contributed by atoms with Crippen LogP contribution in [0.2, 0.25) is 0 Å². The second kappa shape index (κ2) is 8.22. The van der Waals surface area contributed by atoms with Crippen LogP contribution in [0.15, 0.2) is 60.7 Å². The second-order valence-electron chi connectivity index (χ2n) is 7.87. The van der Waals surface area contributed by atoms with Gasteiger partial charge >= 0.3 is 0 Å². The van der Waals surface area contributed by atoms with Gasteiger partial charge in [-0.3, -0.25) is 0 Å². The first-order valence-electron chi connectivity index (χ1n) is 9.91. The summed E-state index contributed by atoms with van der Waals surface area (Å²) >= 11 is 5.86. The maximum absolute atomic E-state index is 5.86. The molecular weight excluding hydrogens is 336 g/mol. The highest BCUT2D eigenvalue weighted by molar-refractivity contribution is 7.80. The van der Waals surface area contributed by atoms with E-state index in [9.17, 15) is 0 Å². The summed E-state index contributed by atoms with van der Waals surface area (Å²) < 4.78 is 0. The first kappa shape index (κ1) is 17.5. The Balaban J connectivity index is 1.41. The summed E-state index contributed by atoms with van der Waals surface area (Å²) in [5, 5.41) is 4.66. The fourth-order valence-electron chi connectivity index (χ4n) is 4.64. The number of fused-ring (bicyclic) bond motifs is 2. The Morgan fingerprint density at radius 3 is 2.23 bits per heavy atom. The van der Waals surface area contributed by atoms with Crippen molar-refractivity contribution in [1.29, 1.82) is 0 Å². The summed E-state index contributed by atoms with van der Waals surface area (Å²) in [5.74, 6) is 1.78. The second-order valence-corrected chi connectivity index (χ2v) is 8.26. The largest absolute Gasteiger partial charge is 0.360 e. The summed E-state index contributed by atoms with van der Waals surface area (Å²) in [5.41, 5.74) is 2.69. The Morgan fingerprint density at radius 1 is 0.923 bits per heavy atom. The van der Waals surface area contributed by atoms with E-state index < -0.39 is 0 Å². The SMILES string of the molecule is S=C(N[C@H]1C[C@@H]2CC[C@H]1C2)N(CCc1ccccc1)Cc1ccccc1. The normalized spacial score (nSPS) is 23.8. The van der Waals surface area contributed by atoms with E-state index in [0.717, 1.165) is 36.5 Å². The molecule has 4 rings (SSSR count). The molecule has 2 aromatic carbocycles. The molecule has 1 N–H and O–H groups in total. The number of nitrogens with one attached hydrogen (secondary N) is 1. The highest BCUT2D eigenvalue weighted by Crippen LogP contribution is 2.44. The first-order chi connectivity index (χ1) is 12.8. The van der Waals surface area contributed by atoms with Crippen molar-refractivity contribution in [3.8, 4) is 0 Å². The summed E-state index contributed by atoms with van der Waals surface area (Å²) in [6, 6.07) is 22.0. The van der Waals surface area contributed by atoms with Crippen LogP contribution in [0.25, 0.3) is 0 Å². The fourth-order valence-corrected chi connectivity index (χ4v) is 4.94. The zero-order valence-electron chi connectivity index (χ0n) is 15.3. The molecule has 2 nitrogen and oxygen atoms in total. The van der Waals surface area contributed by atoms with Crippen LogP contribution >= 0.6 is 12.2 Å². The molecule has 26 heavy (non-hydrogen) atoms. The Kier molecular flexibility index (Phi) is 5.54. The Morgan fingerprint density at radius 2 is 1.62 bits per heavy atom. The summed E-state index contributed by atoms with van der Waals surface area (Å²) in [4.78, 5) is 2.35. The van der Waals surface area contributed by atoms with Gasteiger partial charge in [0.15, 0.2) is 5.11 Å². The van der Waals surface area contributed by atoms with Crippen molar-refractivity contribution in [3.05, 3.63) is 71.8 Å². The monoisotopic (exact) mass is 364 g/mol. The first-order valence-corrected chi connectivity index (χ1v) is 10.3. The van der Waals surface area contributed by atoms with Crippen LogP contribution in [0.5, 0.6) is 0 Å². The minimum atomic E-state index is 0.594. The number of hydrogen-bond acceptors (Lipinski definition) is 1. The minimum absolute atomic E-state index is 0.594. The fraction of sp³-hybridized carbons (Fsp3) is 0.435. The van der Waals surface area contributed by atoms with Gasteiger partial charge in [-0.1, -0.05) is 67.1 Å². The minimum Gasteiger partial charge on any atom is -0.360 e. The predicted molar refractivity (Wildman–Crippen MR) is 112 cm³/mol. The van der Waals surface area contributed by atoms with Crippen molar-refractivity contribution in [2.45, 2.75) is 44.7 Å². The van der Waals surface area contributed by atoms with Crippen molar-refractivity contribution in [2.24, 2.45) is 11.8 Å². The molecule has 2 fully saturated rings. The van der Waals surface area contributed by atoms with E-state index in [2.05, 4.69) is 70.9 Å². The third-order valence-electron chi connectivity index (χ3n) is 6.06. The van der Waals surface area contributed by atoms with Crippen molar-refractivity contribution < 1.29 is 0 Å². The molecule has 2 aliphatic carbocycles. The standard InChI is InChI=1S/C23H28N2S/c26-23(24-22-16-20-11-12-21(22)15-20)25(17-19-9-5-2-6-10-19)14-13-18-7-3-1-4-8-18/h1-10,20-22H,11-17H2,(H,24,26)/t20-,21+,22+/m1/s1. The van der Waals surface area contributed by atoms with Crippen LogP contribution < -0.4 is 5.32 Å². The molecule has 3 atom stereocenters. The van der Waals surface area contributed by atoms with E-state index in [1.54, 1.807) is 0 Å². The van der Waals surface area contributed by atoms with Crippen LogP contribution in [0.1, 0.15) is 36.8 Å². The average Bonchev–Trinajstić information content (AvgIpc) is 3.30. The van der Waals surface area contributed by atoms with Gasteiger partial charge in [-0.05, 0) is 60.9 Å². The molecule has 0 aromatic heterocycles. The predicted octanol–water partition coefficient (Wildman–Crippen LogP) is 4.79. The van der Waals surface area contributed by atoms with E-state index in [1.165, 1.54) is 36.8 Å². The molecule has 0 radical (unpaired) electrons. The van der Waals surface area contributed by atoms with Crippen LogP contribution in [-0.4, -0.2) is 22.6 Å². The van der Waals surface area contributed by atoms with Crippen LogP contribution in [-0.2, 0) is 13.0 Å². The van der Waals surface area contributed by atoms with E-state index >= 15 is 0 Å².